The highest BCUT2D eigenvalue weighted by Crippen LogP contribution is 2.64. The molecule has 0 N–H and O–H groups in total. The molecule has 1 unspecified atom stereocenters. The van der Waals surface area contributed by atoms with Gasteiger partial charge in [-0.3, -0.25) is 9.59 Å². The molecule has 112 valence electrons. The topological polar surface area (TPSA) is 43.4 Å². The molecule has 2 aliphatic rings. The molecule has 0 saturated heterocycles. The fourth-order valence-corrected chi connectivity index (χ4v) is 4.21. The third-order valence-electron chi connectivity index (χ3n) is 5.80. The summed E-state index contributed by atoms with van der Waals surface area (Å²) in [6, 6.07) is 9.66. The predicted octanol–water partition coefficient (Wildman–Crippen LogP) is 3.69. The van der Waals surface area contributed by atoms with Crippen LogP contribution < -0.4 is 0 Å². The first-order valence-corrected chi connectivity index (χ1v) is 7.69. The van der Waals surface area contributed by atoms with Crippen molar-refractivity contribution in [3.63, 3.8) is 0 Å². The first-order valence-electron chi connectivity index (χ1n) is 7.69. The Morgan fingerprint density at radius 2 is 1.95 bits per heavy atom. The Balaban J connectivity index is 1.84. The number of Topliss-reactive ketones (excluding diaryl/α,β-unsaturated/α-hetero) is 1. The van der Waals surface area contributed by atoms with Gasteiger partial charge in [0.2, 0.25) is 0 Å². The highest BCUT2D eigenvalue weighted by atomic mass is 16.5. The van der Waals surface area contributed by atoms with Crippen LogP contribution >= 0.6 is 0 Å². The number of hydrogen-bond acceptors (Lipinski definition) is 3. The van der Waals surface area contributed by atoms with Crippen LogP contribution in [0.3, 0.4) is 0 Å². The standard InChI is InChI=1S/C18H22O3/c1-12(13-7-5-4-6-8-13)21-16(20)18-10-9-14(11-15(18)19)17(18,2)3/h4-8,12,14H,9-11H2,1-3H3/t12-,14?,18-/m0/s1. The van der Waals surface area contributed by atoms with E-state index in [0.29, 0.717) is 18.8 Å². The van der Waals surface area contributed by atoms with Crippen LogP contribution in [0.4, 0.5) is 0 Å². The average Bonchev–Trinajstić information content (AvgIpc) is 2.83. The molecule has 21 heavy (non-hydrogen) atoms. The lowest BCUT2D eigenvalue weighted by molar-refractivity contribution is -0.169. The van der Waals surface area contributed by atoms with Gasteiger partial charge in [0.15, 0.2) is 5.78 Å². The number of esters is 1. The van der Waals surface area contributed by atoms with Crippen LogP contribution in [-0.2, 0) is 14.3 Å². The van der Waals surface area contributed by atoms with E-state index in [1.54, 1.807) is 0 Å². The van der Waals surface area contributed by atoms with Gasteiger partial charge < -0.3 is 4.74 Å². The van der Waals surface area contributed by atoms with Crippen molar-refractivity contribution in [3.05, 3.63) is 35.9 Å². The van der Waals surface area contributed by atoms with Crippen molar-refractivity contribution in [1.82, 2.24) is 0 Å². The van der Waals surface area contributed by atoms with E-state index < -0.39 is 5.41 Å². The fraction of sp³-hybridized carbons (Fsp3) is 0.556. The number of carbonyl (C=O) groups is 2. The van der Waals surface area contributed by atoms with E-state index in [0.717, 1.165) is 12.0 Å². The molecule has 1 aromatic carbocycles. The van der Waals surface area contributed by atoms with Crippen LogP contribution in [-0.4, -0.2) is 11.8 Å². The van der Waals surface area contributed by atoms with Crippen molar-refractivity contribution in [3.8, 4) is 0 Å². The lowest BCUT2D eigenvalue weighted by Crippen LogP contribution is -2.44. The summed E-state index contributed by atoms with van der Waals surface area (Å²) in [4.78, 5) is 25.2. The summed E-state index contributed by atoms with van der Waals surface area (Å²) in [5.41, 5.74) is -0.238. The van der Waals surface area contributed by atoms with E-state index in [2.05, 4.69) is 0 Å². The smallest absolute Gasteiger partial charge is 0.320 e. The van der Waals surface area contributed by atoms with E-state index in [9.17, 15) is 9.59 Å². The van der Waals surface area contributed by atoms with Crippen molar-refractivity contribution >= 4 is 11.8 Å². The number of rotatable bonds is 3. The lowest BCUT2D eigenvalue weighted by Gasteiger charge is -2.34. The van der Waals surface area contributed by atoms with Crippen molar-refractivity contribution in [2.45, 2.75) is 46.1 Å². The van der Waals surface area contributed by atoms with Crippen molar-refractivity contribution < 1.29 is 14.3 Å². The number of fused-ring (bicyclic) bond motifs is 2. The fourth-order valence-electron chi connectivity index (χ4n) is 4.21. The van der Waals surface area contributed by atoms with Gasteiger partial charge in [-0.15, -0.1) is 0 Å². The maximum atomic E-state index is 12.8. The minimum absolute atomic E-state index is 0.0778. The van der Waals surface area contributed by atoms with Gasteiger partial charge in [0, 0.05) is 6.42 Å². The Morgan fingerprint density at radius 3 is 2.48 bits per heavy atom. The maximum absolute atomic E-state index is 12.8. The zero-order valence-electron chi connectivity index (χ0n) is 12.9. The van der Waals surface area contributed by atoms with Gasteiger partial charge in [0.25, 0.3) is 0 Å². The maximum Gasteiger partial charge on any atom is 0.320 e. The normalized spacial score (nSPS) is 31.2. The van der Waals surface area contributed by atoms with Crippen LogP contribution in [0.5, 0.6) is 0 Å². The third-order valence-corrected chi connectivity index (χ3v) is 5.80. The second-order valence-electron chi connectivity index (χ2n) is 6.95. The number of carbonyl (C=O) groups excluding carboxylic acids is 2. The van der Waals surface area contributed by atoms with Crippen LogP contribution in [0.1, 0.15) is 51.7 Å². The van der Waals surface area contributed by atoms with Gasteiger partial charge >= 0.3 is 5.97 Å². The average molecular weight is 286 g/mol. The quantitative estimate of drug-likeness (QED) is 0.629. The largest absolute Gasteiger partial charge is 0.457 e. The zero-order chi connectivity index (χ0) is 15.3. The number of hydrogen-bond donors (Lipinski definition) is 0. The molecular formula is C18H22O3. The Kier molecular flexibility index (Phi) is 3.19. The Labute approximate surface area is 125 Å². The highest BCUT2D eigenvalue weighted by Gasteiger charge is 2.69. The molecule has 0 radical (unpaired) electrons. The second kappa shape index (κ2) is 4.69. The van der Waals surface area contributed by atoms with Crippen LogP contribution in [0.2, 0.25) is 0 Å². The molecule has 3 atom stereocenters. The molecule has 0 aromatic heterocycles. The Morgan fingerprint density at radius 1 is 1.29 bits per heavy atom. The molecule has 1 aromatic rings. The summed E-state index contributed by atoms with van der Waals surface area (Å²) < 4.78 is 5.69. The van der Waals surface area contributed by atoms with Gasteiger partial charge in [-0.2, -0.15) is 0 Å². The van der Waals surface area contributed by atoms with Gasteiger partial charge in [-0.1, -0.05) is 44.2 Å². The van der Waals surface area contributed by atoms with Gasteiger partial charge in [-0.25, -0.2) is 0 Å². The first kappa shape index (κ1) is 14.3. The summed E-state index contributed by atoms with van der Waals surface area (Å²) in [5, 5.41) is 0. The molecule has 0 aliphatic heterocycles. The summed E-state index contributed by atoms with van der Waals surface area (Å²) in [6.45, 7) is 5.96. The molecule has 0 spiro atoms. The molecule has 2 saturated carbocycles. The van der Waals surface area contributed by atoms with Gasteiger partial charge in [0.05, 0.1) is 0 Å². The van der Waals surface area contributed by atoms with Crippen molar-refractivity contribution in [2.24, 2.45) is 16.7 Å². The molecule has 0 amide bonds. The highest BCUT2D eigenvalue weighted by molar-refractivity contribution is 6.07. The minimum atomic E-state index is -0.916. The molecule has 2 fully saturated rings. The van der Waals surface area contributed by atoms with Gasteiger partial charge in [-0.05, 0) is 36.7 Å². The van der Waals surface area contributed by atoms with E-state index in [1.165, 1.54) is 0 Å². The Bertz CT molecular complexity index is 575. The number of benzene rings is 1. The van der Waals surface area contributed by atoms with E-state index in [4.69, 9.17) is 4.74 Å². The molecular weight excluding hydrogens is 264 g/mol. The Hall–Kier alpha value is -1.64. The summed E-state index contributed by atoms with van der Waals surface area (Å²) in [5.74, 6) is 0.0763. The zero-order valence-corrected chi connectivity index (χ0v) is 12.9. The molecule has 3 rings (SSSR count). The van der Waals surface area contributed by atoms with Crippen molar-refractivity contribution in [1.29, 1.82) is 0 Å². The SMILES string of the molecule is C[C@H](OC(=O)[C@]12CCC(CC1=O)C2(C)C)c1ccccc1. The molecule has 3 nitrogen and oxygen atoms in total. The molecule has 2 aliphatic carbocycles. The minimum Gasteiger partial charge on any atom is -0.457 e. The van der Waals surface area contributed by atoms with E-state index in [-0.39, 0.29) is 23.3 Å². The van der Waals surface area contributed by atoms with E-state index >= 15 is 0 Å². The van der Waals surface area contributed by atoms with E-state index in [1.807, 2.05) is 51.1 Å². The third kappa shape index (κ3) is 1.86. The first-order chi connectivity index (χ1) is 9.89. The van der Waals surface area contributed by atoms with Gasteiger partial charge in [0.1, 0.15) is 11.5 Å². The molecule has 0 heterocycles. The van der Waals surface area contributed by atoms with Crippen LogP contribution in [0.25, 0.3) is 0 Å². The second-order valence-corrected chi connectivity index (χ2v) is 6.95. The summed E-state index contributed by atoms with van der Waals surface area (Å²) in [6.07, 6.45) is 1.80. The molecule has 2 bridgehead atoms. The van der Waals surface area contributed by atoms with Crippen LogP contribution in [0, 0.1) is 16.7 Å². The summed E-state index contributed by atoms with van der Waals surface area (Å²) >= 11 is 0. The molecule has 3 heteroatoms. The monoisotopic (exact) mass is 286 g/mol. The predicted molar refractivity (Wildman–Crippen MR) is 79.5 cm³/mol. The summed E-state index contributed by atoms with van der Waals surface area (Å²) in [7, 11) is 0. The van der Waals surface area contributed by atoms with Crippen molar-refractivity contribution in [2.75, 3.05) is 0 Å². The van der Waals surface area contributed by atoms with Crippen LogP contribution in [0.15, 0.2) is 30.3 Å². The number of ketones is 1. The number of ether oxygens (including phenoxy) is 1. The lowest BCUT2D eigenvalue weighted by atomic mass is 9.69.